The van der Waals surface area contributed by atoms with E-state index >= 15 is 0 Å². The highest BCUT2D eigenvalue weighted by Gasteiger charge is 2.24. The van der Waals surface area contributed by atoms with Crippen molar-refractivity contribution in [3.05, 3.63) is 29.6 Å². The largest absolute Gasteiger partial charge is 0.330 e. The number of aryl methyl sites for hydroxylation is 1. The number of carbonyl (C=O) groups excluding carboxylic acids is 1. The number of aromatic nitrogens is 1. The van der Waals surface area contributed by atoms with E-state index in [0.717, 1.165) is 25.0 Å². The molecule has 1 aromatic heterocycles. The molecule has 0 aliphatic heterocycles. The Kier molecular flexibility index (Phi) is 7.03. The van der Waals surface area contributed by atoms with Crippen LogP contribution in [0.25, 0.3) is 0 Å². The minimum absolute atomic E-state index is 0.209. The van der Waals surface area contributed by atoms with Crippen LogP contribution in [0.1, 0.15) is 58.2 Å². The first kappa shape index (κ1) is 17.8. The second-order valence-corrected chi connectivity index (χ2v) is 6.91. The van der Waals surface area contributed by atoms with Crippen LogP contribution in [-0.4, -0.2) is 17.3 Å². The third-order valence-corrected chi connectivity index (χ3v) is 4.18. The molecule has 21 heavy (non-hydrogen) atoms. The highest BCUT2D eigenvalue weighted by atomic mass is 16.1. The van der Waals surface area contributed by atoms with Gasteiger partial charge in [0.05, 0.1) is 0 Å². The summed E-state index contributed by atoms with van der Waals surface area (Å²) < 4.78 is 0. The van der Waals surface area contributed by atoms with Crippen LogP contribution in [0.2, 0.25) is 0 Å². The molecular formula is C18H30N2O. The maximum atomic E-state index is 12.1. The monoisotopic (exact) mass is 290 g/mol. The van der Waals surface area contributed by atoms with Crippen LogP contribution in [0.5, 0.6) is 0 Å². The van der Waals surface area contributed by atoms with Crippen molar-refractivity contribution < 1.29 is 4.79 Å². The molecule has 1 rings (SSSR count). The Hall–Kier alpha value is -1.22. The van der Waals surface area contributed by atoms with E-state index in [9.17, 15) is 4.79 Å². The average molecular weight is 290 g/mol. The van der Waals surface area contributed by atoms with Crippen molar-refractivity contribution in [1.82, 2.24) is 4.98 Å². The minimum atomic E-state index is 0.209. The third kappa shape index (κ3) is 6.38. The number of Topliss-reactive ketones (excluding diaryl/α,β-unsaturated/α-hetero) is 1. The quantitative estimate of drug-likeness (QED) is 0.796. The lowest BCUT2D eigenvalue weighted by atomic mass is 9.76. The molecule has 0 aromatic carbocycles. The first-order chi connectivity index (χ1) is 9.86. The van der Waals surface area contributed by atoms with Crippen LogP contribution in [0.15, 0.2) is 18.3 Å². The van der Waals surface area contributed by atoms with Gasteiger partial charge in [-0.2, -0.15) is 0 Å². The lowest BCUT2D eigenvalue weighted by Gasteiger charge is -2.30. The van der Waals surface area contributed by atoms with Gasteiger partial charge in [0.15, 0.2) is 0 Å². The molecule has 3 heteroatoms. The van der Waals surface area contributed by atoms with Crippen LogP contribution in [0.4, 0.5) is 0 Å². The fraction of sp³-hybridized carbons (Fsp3) is 0.667. The second-order valence-electron chi connectivity index (χ2n) is 6.91. The summed E-state index contributed by atoms with van der Waals surface area (Å²) in [5.41, 5.74) is 7.99. The topological polar surface area (TPSA) is 56.0 Å². The molecule has 0 radical (unpaired) electrons. The molecule has 0 aliphatic carbocycles. The molecule has 1 atom stereocenters. The lowest BCUT2D eigenvalue weighted by molar-refractivity contribution is -0.118. The SMILES string of the molecule is CCc1ccc(CC(=O)CCC(CCN)C(C)(C)C)nc1. The number of pyridine rings is 1. The van der Waals surface area contributed by atoms with Gasteiger partial charge in [0.25, 0.3) is 0 Å². The zero-order valence-corrected chi connectivity index (χ0v) is 14.0. The summed E-state index contributed by atoms with van der Waals surface area (Å²) >= 11 is 0. The van der Waals surface area contributed by atoms with Gasteiger partial charge in [-0.25, -0.2) is 0 Å². The van der Waals surface area contributed by atoms with Crippen LogP contribution >= 0.6 is 0 Å². The number of ketones is 1. The minimum Gasteiger partial charge on any atom is -0.330 e. The van der Waals surface area contributed by atoms with E-state index in [0.29, 0.717) is 25.3 Å². The molecule has 1 heterocycles. The zero-order chi connectivity index (χ0) is 15.9. The number of carbonyl (C=O) groups is 1. The summed E-state index contributed by atoms with van der Waals surface area (Å²) in [4.78, 5) is 16.5. The van der Waals surface area contributed by atoms with E-state index in [-0.39, 0.29) is 11.2 Å². The van der Waals surface area contributed by atoms with Crippen molar-refractivity contribution in [2.24, 2.45) is 17.1 Å². The molecule has 0 bridgehead atoms. The van der Waals surface area contributed by atoms with Gasteiger partial charge in [-0.15, -0.1) is 0 Å². The van der Waals surface area contributed by atoms with Crippen molar-refractivity contribution in [2.45, 2.75) is 59.8 Å². The maximum absolute atomic E-state index is 12.1. The molecule has 0 saturated heterocycles. The van der Waals surface area contributed by atoms with Crippen LogP contribution in [-0.2, 0) is 17.6 Å². The van der Waals surface area contributed by atoms with E-state index in [1.165, 1.54) is 5.56 Å². The van der Waals surface area contributed by atoms with E-state index in [1.807, 2.05) is 12.3 Å². The standard InChI is InChI=1S/C18H30N2O/c1-5-14-6-8-16(20-13-14)12-17(21)9-7-15(10-11-19)18(2,3)4/h6,8,13,15H,5,7,9-12,19H2,1-4H3. The predicted molar refractivity (Wildman–Crippen MR) is 88.2 cm³/mol. The van der Waals surface area contributed by atoms with E-state index in [4.69, 9.17) is 5.73 Å². The van der Waals surface area contributed by atoms with Crippen LogP contribution in [0.3, 0.4) is 0 Å². The number of hydrogen-bond acceptors (Lipinski definition) is 3. The normalized spacial score (nSPS) is 13.2. The molecule has 0 saturated carbocycles. The van der Waals surface area contributed by atoms with E-state index < -0.39 is 0 Å². The van der Waals surface area contributed by atoms with Crippen LogP contribution < -0.4 is 5.73 Å². The molecular weight excluding hydrogens is 260 g/mol. The Balaban J connectivity index is 2.48. The van der Waals surface area contributed by atoms with Crippen molar-refractivity contribution >= 4 is 5.78 Å². The Bertz CT molecular complexity index is 432. The fourth-order valence-corrected chi connectivity index (χ4v) is 2.61. The van der Waals surface area contributed by atoms with E-state index in [1.54, 1.807) is 0 Å². The van der Waals surface area contributed by atoms with Crippen LogP contribution in [0, 0.1) is 11.3 Å². The average Bonchev–Trinajstić information content (AvgIpc) is 2.43. The van der Waals surface area contributed by atoms with Crippen molar-refractivity contribution in [3.8, 4) is 0 Å². The summed E-state index contributed by atoms with van der Waals surface area (Å²) in [6, 6.07) is 4.03. The van der Waals surface area contributed by atoms with E-state index in [2.05, 4.69) is 38.7 Å². The molecule has 0 amide bonds. The predicted octanol–water partition coefficient (Wildman–Crippen LogP) is 3.55. The first-order valence-corrected chi connectivity index (χ1v) is 8.02. The zero-order valence-electron chi connectivity index (χ0n) is 14.0. The third-order valence-electron chi connectivity index (χ3n) is 4.18. The fourth-order valence-electron chi connectivity index (χ4n) is 2.61. The highest BCUT2D eigenvalue weighted by Crippen LogP contribution is 2.32. The van der Waals surface area contributed by atoms with Gasteiger partial charge in [-0.3, -0.25) is 9.78 Å². The van der Waals surface area contributed by atoms with Gasteiger partial charge < -0.3 is 5.73 Å². The maximum Gasteiger partial charge on any atom is 0.138 e. The summed E-state index contributed by atoms with van der Waals surface area (Å²) in [6.45, 7) is 9.47. The first-order valence-electron chi connectivity index (χ1n) is 8.02. The van der Waals surface area contributed by atoms with Gasteiger partial charge in [-0.1, -0.05) is 33.8 Å². The van der Waals surface area contributed by atoms with Gasteiger partial charge in [0, 0.05) is 24.7 Å². The molecule has 0 fully saturated rings. The van der Waals surface area contributed by atoms with Crippen molar-refractivity contribution in [3.63, 3.8) is 0 Å². The highest BCUT2D eigenvalue weighted by molar-refractivity contribution is 5.80. The number of nitrogens with two attached hydrogens (primary N) is 1. The van der Waals surface area contributed by atoms with Gasteiger partial charge >= 0.3 is 0 Å². The second kappa shape index (κ2) is 8.28. The number of nitrogens with zero attached hydrogens (tertiary/aromatic N) is 1. The summed E-state index contributed by atoms with van der Waals surface area (Å²) in [5, 5.41) is 0. The Morgan fingerprint density at radius 1 is 1.29 bits per heavy atom. The molecule has 1 unspecified atom stereocenters. The lowest BCUT2D eigenvalue weighted by Crippen LogP contribution is -2.24. The Morgan fingerprint density at radius 2 is 2.00 bits per heavy atom. The Labute approximate surface area is 129 Å². The molecule has 2 N–H and O–H groups in total. The summed E-state index contributed by atoms with van der Waals surface area (Å²) in [5.74, 6) is 0.778. The Morgan fingerprint density at radius 3 is 2.48 bits per heavy atom. The molecule has 0 spiro atoms. The summed E-state index contributed by atoms with van der Waals surface area (Å²) in [6.07, 6.45) is 5.83. The van der Waals surface area contributed by atoms with Crippen molar-refractivity contribution in [1.29, 1.82) is 0 Å². The van der Waals surface area contributed by atoms with Gasteiger partial charge in [-0.05, 0) is 48.8 Å². The molecule has 118 valence electrons. The smallest absolute Gasteiger partial charge is 0.138 e. The van der Waals surface area contributed by atoms with Gasteiger partial charge in [0.2, 0.25) is 0 Å². The number of hydrogen-bond donors (Lipinski definition) is 1. The summed E-state index contributed by atoms with van der Waals surface area (Å²) in [7, 11) is 0. The van der Waals surface area contributed by atoms with Gasteiger partial charge in [0.1, 0.15) is 5.78 Å². The molecule has 0 aliphatic rings. The number of rotatable bonds is 8. The van der Waals surface area contributed by atoms with Crippen molar-refractivity contribution in [2.75, 3.05) is 6.54 Å². The molecule has 1 aromatic rings. The molecule has 3 nitrogen and oxygen atoms in total.